The summed E-state index contributed by atoms with van der Waals surface area (Å²) < 4.78 is 0. The number of nitrogens with zero attached hydrogens (tertiary/aromatic N) is 2. The lowest BCUT2D eigenvalue weighted by molar-refractivity contribution is -0.135. The van der Waals surface area contributed by atoms with E-state index in [9.17, 15) is 14.7 Å². The molecule has 5 nitrogen and oxygen atoms in total. The Morgan fingerprint density at radius 1 is 1.12 bits per heavy atom. The van der Waals surface area contributed by atoms with E-state index in [1.54, 1.807) is 6.92 Å². The molecule has 2 atom stereocenters. The zero-order valence-electron chi connectivity index (χ0n) is 14.4. The number of para-hydroxylation sites is 2. The summed E-state index contributed by atoms with van der Waals surface area (Å²) in [5.74, 6) is -0.878. The summed E-state index contributed by atoms with van der Waals surface area (Å²) in [6, 6.07) is 17.3. The number of benzene rings is 2. The standard InChI is InChI=1S/C20H22N2O3/c1-14-12-19(22(15(2)23)16-8-4-3-5-9-16)17-10-6-7-11-18(17)21(14)13-20(24)25/h3-11,14,19H,12-13H2,1-2H3,(H,24,25). The maximum atomic E-state index is 12.4. The molecule has 0 aliphatic carbocycles. The van der Waals surface area contributed by atoms with Crippen LogP contribution in [0.3, 0.4) is 0 Å². The predicted octanol–water partition coefficient (Wildman–Crippen LogP) is 3.46. The van der Waals surface area contributed by atoms with Gasteiger partial charge in [0.1, 0.15) is 6.54 Å². The molecule has 2 aromatic carbocycles. The lowest BCUT2D eigenvalue weighted by atomic mass is 9.90. The average Bonchev–Trinajstić information content (AvgIpc) is 2.59. The second kappa shape index (κ2) is 6.97. The molecule has 1 N–H and O–H groups in total. The molecule has 0 saturated carbocycles. The number of carboxylic acid groups (broad SMARTS) is 1. The first-order chi connectivity index (χ1) is 12.0. The predicted molar refractivity (Wildman–Crippen MR) is 97.8 cm³/mol. The summed E-state index contributed by atoms with van der Waals surface area (Å²) in [5.41, 5.74) is 2.73. The average molecular weight is 338 g/mol. The normalized spacial score (nSPS) is 19.2. The van der Waals surface area contributed by atoms with Crippen LogP contribution < -0.4 is 9.80 Å². The Morgan fingerprint density at radius 2 is 1.76 bits per heavy atom. The van der Waals surface area contributed by atoms with E-state index >= 15 is 0 Å². The van der Waals surface area contributed by atoms with Gasteiger partial charge < -0.3 is 14.9 Å². The highest BCUT2D eigenvalue weighted by molar-refractivity contribution is 5.93. The summed E-state index contributed by atoms with van der Waals surface area (Å²) in [6.07, 6.45) is 0.679. The molecule has 130 valence electrons. The Labute approximate surface area is 147 Å². The van der Waals surface area contributed by atoms with Crippen molar-refractivity contribution in [3.63, 3.8) is 0 Å². The fourth-order valence-corrected chi connectivity index (χ4v) is 3.65. The second-order valence-electron chi connectivity index (χ2n) is 6.41. The van der Waals surface area contributed by atoms with Crippen molar-refractivity contribution in [2.75, 3.05) is 16.3 Å². The Balaban J connectivity index is 2.07. The maximum Gasteiger partial charge on any atom is 0.323 e. The van der Waals surface area contributed by atoms with E-state index in [1.165, 1.54) is 0 Å². The molecule has 0 bridgehead atoms. The van der Waals surface area contributed by atoms with Gasteiger partial charge in [0.2, 0.25) is 5.91 Å². The molecule has 2 aromatic rings. The van der Waals surface area contributed by atoms with Crippen LogP contribution in [0.1, 0.15) is 31.9 Å². The van der Waals surface area contributed by atoms with E-state index < -0.39 is 5.97 Å². The molecule has 0 radical (unpaired) electrons. The topological polar surface area (TPSA) is 60.9 Å². The Kier molecular flexibility index (Phi) is 4.74. The van der Waals surface area contributed by atoms with Crippen molar-refractivity contribution < 1.29 is 14.7 Å². The van der Waals surface area contributed by atoms with Gasteiger partial charge in [0.15, 0.2) is 0 Å². The van der Waals surface area contributed by atoms with Crippen LogP contribution in [-0.2, 0) is 9.59 Å². The second-order valence-corrected chi connectivity index (χ2v) is 6.41. The lowest BCUT2D eigenvalue weighted by Gasteiger charge is -2.43. The van der Waals surface area contributed by atoms with E-state index in [-0.39, 0.29) is 24.5 Å². The van der Waals surface area contributed by atoms with Crippen molar-refractivity contribution in [3.05, 3.63) is 60.2 Å². The van der Waals surface area contributed by atoms with E-state index in [0.29, 0.717) is 6.42 Å². The number of carbonyl (C=O) groups is 2. The van der Waals surface area contributed by atoms with Gasteiger partial charge in [-0.25, -0.2) is 0 Å². The zero-order chi connectivity index (χ0) is 18.0. The lowest BCUT2D eigenvalue weighted by Crippen LogP contribution is -2.46. The minimum atomic E-state index is -0.855. The molecule has 1 aliphatic heterocycles. The number of amides is 1. The first-order valence-corrected chi connectivity index (χ1v) is 8.41. The quantitative estimate of drug-likeness (QED) is 0.927. The molecule has 25 heavy (non-hydrogen) atoms. The van der Waals surface area contributed by atoms with E-state index in [4.69, 9.17) is 0 Å². The molecule has 1 heterocycles. The highest BCUT2D eigenvalue weighted by Crippen LogP contribution is 2.41. The monoisotopic (exact) mass is 338 g/mol. The van der Waals surface area contributed by atoms with E-state index in [2.05, 4.69) is 0 Å². The van der Waals surface area contributed by atoms with Gasteiger partial charge in [-0.15, -0.1) is 0 Å². The Hall–Kier alpha value is -2.82. The number of hydrogen-bond donors (Lipinski definition) is 1. The van der Waals surface area contributed by atoms with E-state index in [1.807, 2.05) is 71.3 Å². The van der Waals surface area contributed by atoms with Gasteiger partial charge in [0.25, 0.3) is 0 Å². The third kappa shape index (κ3) is 3.36. The summed E-state index contributed by atoms with van der Waals surface area (Å²) >= 11 is 0. The molecule has 5 heteroatoms. The van der Waals surface area contributed by atoms with Crippen LogP contribution in [0, 0.1) is 0 Å². The van der Waals surface area contributed by atoms with Crippen LogP contribution in [0.25, 0.3) is 0 Å². The SMILES string of the molecule is CC(=O)N(c1ccccc1)C1CC(C)N(CC(=O)O)c2ccccc21. The smallest absolute Gasteiger partial charge is 0.323 e. The summed E-state index contributed by atoms with van der Waals surface area (Å²) in [6.45, 7) is 3.54. The highest BCUT2D eigenvalue weighted by atomic mass is 16.4. The Morgan fingerprint density at radius 3 is 2.40 bits per heavy atom. The molecular formula is C20H22N2O3. The third-order valence-corrected chi connectivity index (χ3v) is 4.69. The molecule has 1 aliphatic rings. The highest BCUT2D eigenvalue weighted by Gasteiger charge is 2.35. The van der Waals surface area contributed by atoms with Crippen LogP contribution in [-0.4, -0.2) is 29.6 Å². The van der Waals surface area contributed by atoms with Gasteiger partial charge >= 0.3 is 5.97 Å². The van der Waals surface area contributed by atoms with Gasteiger partial charge in [-0.3, -0.25) is 9.59 Å². The molecule has 1 amide bonds. The van der Waals surface area contributed by atoms with Gasteiger partial charge in [-0.1, -0.05) is 36.4 Å². The van der Waals surface area contributed by atoms with Crippen LogP contribution in [0.5, 0.6) is 0 Å². The van der Waals surface area contributed by atoms with Crippen LogP contribution in [0.4, 0.5) is 11.4 Å². The summed E-state index contributed by atoms with van der Waals surface area (Å²) in [5, 5.41) is 9.24. The van der Waals surface area contributed by atoms with Crippen molar-refractivity contribution in [2.24, 2.45) is 0 Å². The van der Waals surface area contributed by atoms with Crippen molar-refractivity contribution in [1.82, 2.24) is 0 Å². The number of rotatable bonds is 4. The minimum Gasteiger partial charge on any atom is -0.480 e. The molecule has 0 aromatic heterocycles. The van der Waals surface area contributed by atoms with Crippen molar-refractivity contribution in [3.8, 4) is 0 Å². The molecule has 3 rings (SSSR count). The summed E-state index contributed by atoms with van der Waals surface area (Å²) in [7, 11) is 0. The number of hydrogen-bond acceptors (Lipinski definition) is 3. The maximum absolute atomic E-state index is 12.4. The summed E-state index contributed by atoms with van der Waals surface area (Å²) in [4.78, 5) is 27.4. The van der Waals surface area contributed by atoms with Gasteiger partial charge in [-0.05, 0) is 37.1 Å². The van der Waals surface area contributed by atoms with Gasteiger partial charge in [0, 0.05) is 24.3 Å². The van der Waals surface area contributed by atoms with Crippen LogP contribution in [0.2, 0.25) is 0 Å². The Bertz CT molecular complexity index is 776. The van der Waals surface area contributed by atoms with Crippen molar-refractivity contribution in [2.45, 2.75) is 32.4 Å². The fourth-order valence-electron chi connectivity index (χ4n) is 3.65. The van der Waals surface area contributed by atoms with Gasteiger partial charge in [0.05, 0.1) is 6.04 Å². The number of anilines is 2. The minimum absolute atomic E-state index is 0.0153. The molecule has 0 spiro atoms. The van der Waals surface area contributed by atoms with Crippen molar-refractivity contribution in [1.29, 1.82) is 0 Å². The number of fused-ring (bicyclic) bond motifs is 1. The van der Waals surface area contributed by atoms with E-state index in [0.717, 1.165) is 16.9 Å². The molecular weight excluding hydrogens is 316 g/mol. The van der Waals surface area contributed by atoms with Crippen molar-refractivity contribution >= 4 is 23.3 Å². The zero-order valence-corrected chi connectivity index (χ0v) is 14.4. The molecule has 2 unspecified atom stereocenters. The number of aliphatic carboxylic acids is 1. The fraction of sp³-hybridized carbons (Fsp3) is 0.300. The number of carboxylic acids is 1. The molecule has 0 fully saturated rings. The van der Waals surface area contributed by atoms with Gasteiger partial charge in [-0.2, -0.15) is 0 Å². The first kappa shape index (κ1) is 17.0. The van der Waals surface area contributed by atoms with Crippen LogP contribution >= 0.6 is 0 Å². The first-order valence-electron chi connectivity index (χ1n) is 8.41. The van der Waals surface area contributed by atoms with Crippen LogP contribution in [0.15, 0.2) is 54.6 Å². The number of carbonyl (C=O) groups excluding carboxylic acids is 1. The molecule has 0 saturated heterocycles. The third-order valence-electron chi connectivity index (χ3n) is 4.69. The largest absolute Gasteiger partial charge is 0.480 e.